The fraction of sp³-hybridized carbons (Fsp3) is 0.556. The molecule has 0 aromatic heterocycles. The smallest absolute Gasteiger partial charge is 0.274 e. The van der Waals surface area contributed by atoms with Crippen molar-refractivity contribution in [1.82, 2.24) is 0 Å². The third-order valence-corrected chi connectivity index (χ3v) is 2.01. The highest BCUT2D eigenvalue weighted by Gasteiger charge is 2.75. The van der Waals surface area contributed by atoms with E-state index in [2.05, 4.69) is 4.74 Å². The first-order chi connectivity index (χ1) is 7.91. The van der Waals surface area contributed by atoms with Gasteiger partial charge in [-0.05, 0) is 6.08 Å². The first kappa shape index (κ1) is 14.9. The van der Waals surface area contributed by atoms with Gasteiger partial charge in [0.05, 0.1) is 0 Å². The van der Waals surface area contributed by atoms with Crippen molar-refractivity contribution in [3.8, 4) is 0 Å². The van der Waals surface area contributed by atoms with Crippen LogP contribution in [0.2, 0.25) is 0 Å². The fourth-order valence-corrected chi connectivity index (χ4v) is 1.09. The Morgan fingerprint density at radius 1 is 0.944 bits per heavy atom. The quantitative estimate of drug-likeness (QED) is 0.711. The summed E-state index contributed by atoms with van der Waals surface area (Å²) in [7, 11) is 0. The summed E-state index contributed by atoms with van der Waals surface area (Å²) < 4.78 is 102. The minimum absolute atomic E-state index is 0.327. The topological polar surface area (TPSA) is 9.23 Å². The van der Waals surface area contributed by atoms with Gasteiger partial charge in [-0.15, -0.1) is 0 Å². The van der Waals surface area contributed by atoms with Crippen LogP contribution in [0.4, 0.5) is 35.1 Å². The Kier molecular flexibility index (Phi) is 3.50. The van der Waals surface area contributed by atoms with Crippen molar-refractivity contribution < 1.29 is 39.9 Å². The lowest BCUT2D eigenvalue weighted by atomic mass is 10.1. The van der Waals surface area contributed by atoms with Gasteiger partial charge < -0.3 is 0 Å². The number of hydrogen-bond acceptors (Lipinski definition) is 1. The zero-order valence-corrected chi connectivity index (χ0v) is 8.45. The van der Waals surface area contributed by atoms with Crippen molar-refractivity contribution in [2.75, 3.05) is 0 Å². The van der Waals surface area contributed by atoms with Gasteiger partial charge in [0.15, 0.2) is 0 Å². The van der Waals surface area contributed by atoms with Gasteiger partial charge in [-0.2, -0.15) is 30.7 Å². The molecule has 104 valence electrons. The van der Waals surface area contributed by atoms with Crippen LogP contribution in [0.3, 0.4) is 0 Å². The first-order valence-electron chi connectivity index (χ1n) is 4.47. The second-order valence-electron chi connectivity index (χ2n) is 3.47. The summed E-state index contributed by atoms with van der Waals surface area (Å²) in [6, 6.07) is 0. The molecule has 1 atom stereocenters. The number of alkyl halides is 8. The maximum atomic E-state index is 13.4. The Hall–Kier alpha value is -1.12. The molecule has 1 aliphatic carbocycles. The molecule has 0 N–H and O–H groups in total. The standard InChI is InChI=1S/C9H6F8O/c10-6(4-2-1-3-5-6)18-9(16,17)7(11,12)8(13,14)15/h1-4H,5H2. The molecular formula is C9H6F8O. The van der Waals surface area contributed by atoms with E-state index >= 15 is 0 Å². The van der Waals surface area contributed by atoms with E-state index in [1.165, 1.54) is 6.08 Å². The van der Waals surface area contributed by atoms with E-state index < -0.39 is 30.5 Å². The summed E-state index contributed by atoms with van der Waals surface area (Å²) in [6.45, 7) is 0. The highest BCUT2D eigenvalue weighted by atomic mass is 19.4. The molecule has 1 rings (SSSR count). The molecule has 0 aliphatic heterocycles. The van der Waals surface area contributed by atoms with Crippen LogP contribution in [0.15, 0.2) is 24.3 Å². The maximum absolute atomic E-state index is 13.4. The van der Waals surface area contributed by atoms with Gasteiger partial charge in [0, 0.05) is 6.42 Å². The molecule has 0 aromatic carbocycles. The van der Waals surface area contributed by atoms with Gasteiger partial charge >= 0.3 is 18.2 Å². The lowest BCUT2D eigenvalue weighted by molar-refractivity contribution is -0.448. The predicted molar refractivity (Wildman–Crippen MR) is 43.8 cm³/mol. The molecule has 1 aliphatic rings. The summed E-state index contributed by atoms with van der Waals surface area (Å²) in [5.74, 6) is -9.90. The molecule has 9 heteroatoms. The van der Waals surface area contributed by atoms with E-state index in [9.17, 15) is 35.1 Å². The van der Waals surface area contributed by atoms with Gasteiger partial charge in [-0.1, -0.05) is 18.2 Å². The van der Waals surface area contributed by atoms with Crippen molar-refractivity contribution in [1.29, 1.82) is 0 Å². The van der Waals surface area contributed by atoms with Gasteiger partial charge in [0.25, 0.3) is 0 Å². The Morgan fingerprint density at radius 2 is 1.50 bits per heavy atom. The van der Waals surface area contributed by atoms with E-state index in [4.69, 9.17) is 0 Å². The highest BCUT2D eigenvalue weighted by Crippen LogP contribution is 2.49. The van der Waals surface area contributed by atoms with E-state index in [0.717, 1.165) is 12.2 Å². The molecule has 0 bridgehead atoms. The monoisotopic (exact) mass is 282 g/mol. The number of halogens is 8. The maximum Gasteiger partial charge on any atom is 0.462 e. The van der Waals surface area contributed by atoms with Crippen molar-refractivity contribution in [3.63, 3.8) is 0 Å². The van der Waals surface area contributed by atoms with Crippen LogP contribution in [-0.4, -0.2) is 24.1 Å². The Labute approximate surface area is 95.7 Å². The van der Waals surface area contributed by atoms with Crippen LogP contribution in [0.1, 0.15) is 6.42 Å². The molecule has 0 amide bonds. The minimum Gasteiger partial charge on any atom is -0.274 e. The summed E-state index contributed by atoms with van der Waals surface area (Å²) >= 11 is 0. The summed E-state index contributed by atoms with van der Waals surface area (Å²) in [5.41, 5.74) is 0. The molecule has 18 heavy (non-hydrogen) atoms. The Balaban J connectivity index is 2.95. The molecular weight excluding hydrogens is 276 g/mol. The van der Waals surface area contributed by atoms with Crippen molar-refractivity contribution in [2.45, 2.75) is 30.5 Å². The average molecular weight is 282 g/mol. The summed E-state index contributed by atoms with van der Waals surface area (Å²) in [6.07, 6.45) is -10.1. The third kappa shape index (κ3) is 2.65. The number of ether oxygens (including phenoxy) is 1. The first-order valence-corrected chi connectivity index (χ1v) is 4.47. The SMILES string of the molecule is FC1(OC(F)(F)C(F)(F)C(F)(F)F)C=CC=CC1. The molecule has 0 saturated carbocycles. The van der Waals surface area contributed by atoms with Crippen LogP contribution in [-0.2, 0) is 4.74 Å². The molecule has 1 unspecified atom stereocenters. The van der Waals surface area contributed by atoms with Crippen LogP contribution in [0.5, 0.6) is 0 Å². The van der Waals surface area contributed by atoms with E-state index in [0.29, 0.717) is 6.08 Å². The Morgan fingerprint density at radius 3 is 1.89 bits per heavy atom. The van der Waals surface area contributed by atoms with Crippen molar-refractivity contribution >= 4 is 0 Å². The summed E-state index contributed by atoms with van der Waals surface area (Å²) in [5, 5.41) is 0. The second kappa shape index (κ2) is 4.22. The molecule has 0 spiro atoms. The molecule has 0 saturated heterocycles. The van der Waals surface area contributed by atoms with Crippen LogP contribution < -0.4 is 0 Å². The van der Waals surface area contributed by atoms with Crippen LogP contribution >= 0.6 is 0 Å². The Bertz CT molecular complexity index is 369. The van der Waals surface area contributed by atoms with E-state index in [1.807, 2.05) is 0 Å². The lowest BCUT2D eigenvalue weighted by Gasteiger charge is -2.32. The fourth-order valence-electron chi connectivity index (χ4n) is 1.09. The third-order valence-electron chi connectivity index (χ3n) is 2.01. The zero-order valence-electron chi connectivity index (χ0n) is 8.45. The molecule has 0 aromatic rings. The number of hydrogen-bond donors (Lipinski definition) is 0. The lowest BCUT2D eigenvalue weighted by Crippen LogP contribution is -2.56. The zero-order chi connectivity index (χ0) is 14.2. The predicted octanol–water partition coefficient (Wildman–Crippen LogP) is 3.98. The number of rotatable bonds is 3. The number of allylic oxidation sites excluding steroid dienone is 2. The molecule has 0 radical (unpaired) electrons. The minimum atomic E-state index is -6.55. The van der Waals surface area contributed by atoms with Gasteiger partial charge in [0.2, 0.25) is 5.85 Å². The van der Waals surface area contributed by atoms with Crippen LogP contribution in [0, 0.1) is 0 Å². The van der Waals surface area contributed by atoms with Crippen LogP contribution in [0.25, 0.3) is 0 Å². The van der Waals surface area contributed by atoms with Gasteiger partial charge in [-0.3, -0.25) is 4.74 Å². The summed E-state index contributed by atoms with van der Waals surface area (Å²) in [4.78, 5) is 0. The normalized spacial score (nSPS) is 25.6. The highest BCUT2D eigenvalue weighted by molar-refractivity contribution is 5.15. The average Bonchev–Trinajstić information content (AvgIpc) is 2.14. The molecule has 1 nitrogen and oxygen atoms in total. The molecule has 0 fully saturated rings. The molecule has 0 heterocycles. The van der Waals surface area contributed by atoms with Crippen molar-refractivity contribution in [2.24, 2.45) is 0 Å². The van der Waals surface area contributed by atoms with E-state index in [1.54, 1.807) is 0 Å². The van der Waals surface area contributed by atoms with Gasteiger partial charge in [-0.25, -0.2) is 4.39 Å². The van der Waals surface area contributed by atoms with E-state index in [-0.39, 0.29) is 0 Å². The largest absolute Gasteiger partial charge is 0.462 e. The van der Waals surface area contributed by atoms with Gasteiger partial charge in [0.1, 0.15) is 0 Å². The second-order valence-corrected chi connectivity index (χ2v) is 3.47. The van der Waals surface area contributed by atoms with Crippen molar-refractivity contribution in [3.05, 3.63) is 24.3 Å².